The summed E-state index contributed by atoms with van der Waals surface area (Å²) in [5.74, 6) is 0.485. The van der Waals surface area contributed by atoms with Crippen LogP contribution in [0.4, 0.5) is 4.79 Å². The number of furan rings is 1. The van der Waals surface area contributed by atoms with Gasteiger partial charge in [-0.2, -0.15) is 0 Å². The Morgan fingerprint density at radius 3 is 2.91 bits per heavy atom. The number of hydrogen-bond acceptors (Lipinski definition) is 5. The molecule has 2 aliphatic rings. The smallest absolute Gasteiger partial charge is 0.337 e. The number of nitrogens with one attached hydrogen (secondary N) is 2. The molecule has 1 aromatic rings. The first-order valence-electron chi connectivity index (χ1n) is 7.87. The number of carbonyl (C=O) groups excluding carboxylic acids is 2. The Morgan fingerprint density at radius 2 is 2.26 bits per heavy atom. The molecule has 1 aliphatic carbocycles. The van der Waals surface area contributed by atoms with Gasteiger partial charge in [0.25, 0.3) is 0 Å². The van der Waals surface area contributed by atoms with Crippen LogP contribution in [0.3, 0.4) is 0 Å². The van der Waals surface area contributed by atoms with E-state index < -0.39 is 0 Å². The Morgan fingerprint density at radius 1 is 1.43 bits per heavy atom. The molecule has 7 heteroatoms. The van der Waals surface area contributed by atoms with E-state index in [1.807, 2.05) is 12.1 Å². The SMILES string of the molecule is CCOC(=O)C1=C(CN(Cc2ccco2)C2CC2)NC(=O)NC1. The number of carbonyl (C=O) groups is 2. The zero-order chi connectivity index (χ0) is 16.2. The highest BCUT2D eigenvalue weighted by molar-refractivity contribution is 5.93. The molecule has 0 saturated heterocycles. The molecular formula is C16H21N3O4. The molecule has 0 radical (unpaired) electrons. The van der Waals surface area contributed by atoms with Gasteiger partial charge < -0.3 is 19.8 Å². The number of hydrogen-bond donors (Lipinski definition) is 2. The van der Waals surface area contributed by atoms with Gasteiger partial charge in [-0.25, -0.2) is 9.59 Å². The van der Waals surface area contributed by atoms with Crippen molar-refractivity contribution in [2.75, 3.05) is 19.7 Å². The first-order chi connectivity index (χ1) is 11.2. The van der Waals surface area contributed by atoms with E-state index in [4.69, 9.17) is 9.15 Å². The topological polar surface area (TPSA) is 83.8 Å². The molecule has 0 bridgehead atoms. The molecule has 23 heavy (non-hydrogen) atoms. The van der Waals surface area contributed by atoms with Crippen LogP contribution in [-0.2, 0) is 16.1 Å². The fourth-order valence-electron chi connectivity index (χ4n) is 2.64. The van der Waals surface area contributed by atoms with Gasteiger partial charge in [-0.3, -0.25) is 4.90 Å². The predicted molar refractivity (Wildman–Crippen MR) is 82.3 cm³/mol. The number of nitrogens with zero attached hydrogens (tertiary/aromatic N) is 1. The molecule has 2 heterocycles. The third-order valence-corrected chi connectivity index (χ3v) is 3.94. The summed E-state index contributed by atoms with van der Waals surface area (Å²) in [6.45, 7) is 3.41. The number of ether oxygens (including phenoxy) is 1. The molecule has 2 N–H and O–H groups in total. The van der Waals surface area contributed by atoms with Crippen LogP contribution in [-0.4, -0.2) is 42.6 Å². The summed E-state index contributed by atoms with van der Waals surface area (Å²) in [4.78, 5) is 25.9. The first-order valence-corrected chi connectivity index (χ1v) is 7.87. The second-order valence-corrected chi connectivity index (χ2v) is 5.70. The summed E-state index contributed by atoms with van der Waals surface area (Å²) in [6, 6.07) is 3.96. The summed E-state index contributed by atoms with van der Waals surface area (Å²) in [5, 5.41) is 5.37. The lowest BCUT2D eigenvalue weighted by Gasteiger charge is -2.27. The van der Waals surface area contributed by atoms with E-state index in [-0.39, 0.29) is 18.5 Å². The summed E-state index contributed by atoms with van der Waals surface area (Å²) in [6.07, 6.45) is 3.89. The molecule has 1 aromatic heterocycles. The van der Waals surface area contributed by atoms with E-state index >= 15 is 0 Å². The highest BCUT2D eigenvalue weighted by Crippen LogP contribution is 2.29. The normalized spacial score (nSPS) is 17.9. The van der Waals surface area contributed by atoms with Gasteiger partial charge >= 0.3 is 12.0 Å². The van der Waals surface area contributed by atoms with Gasteiger partial charge in [0.1, 0.15) is 5.76 Å². The van der Waals surface area contributed by atoms with Crippen LogP contribution < -0.4 is 10.6 Å². The summed E-state index contributed by atoms with van der Waals surface area (Å²) in [5.41, 5.74) is 1.10. The van der Waals surface area contributed by atoms with Crippen molar-refractivity contribution >= 4 is 12.0 Å². The van der Waals surface area contributed by atoms with Crippen molar-refractivity contribution in [3.63, 3.8) is 0 Å². The van der Waals surface area contributed by atoms with Crippen molar-refractivity contribution in [1.82, 2.24) is 15.5 Å². The molecule has 124 valence electrons. The molecule has 0 spiro atoms. The van der Waals surface area contributed by atoms with Crippen molar-refractivity contribution in [2.45, 2.75) is 32.4 Å². The highest BCUT2D eigenvalue weighted by atomic mass is 16.5. The molecule has 0 atom stereocenters. The van der Waals surface area contributed by atoms with E-state index in [9.17, 15) is 9.59 Å². The maximum Gasteiger partial charge on any atom is 0.337 e. The molecule has 2 amide bonds. The Kier molecular flexibility index (Phi) is 4.66. The van der Waals surface area contributed by atoms with E-state index in [2.05, 4.69) is 15.5 Å². The van der Waals surface area contributed by atoms with Gasteiger partial charge in [-0.05, 0) is 31.9 Å². The lowest BCUT2D eigenvalue weighted by molar-refractivity contribution is -0.138. The predicted octanol–water partition coefficient (Wildman–Crippen LogP) is 1.37. The standard InChI is InChI=1S/C16H21N3O4/c1-2-22-15(20)13-8-17-16(21)18-14(13)10-19(11-5-6-11)9-12-4-3-7-23-12/h3-4,7,11H,2,5-6,8-10H2,1H3,(H2,17,18,21). The van der Waals surface area contributed by atoms with Crippen LogP contribution in [0.1, 0.15) is 25.5 Å². The Bertz CT molecular complexity index is 605. The Labute approximate surface area is 134 Å². The molecule has 3 rings (SSSR count). The number of esters is 1. The number of rotatable bonds is 7. The van der Waals surface area contributed by atoms with Gasteiger partial charge in [0, 0.05) is 18.3 Å². The molecule has 7 nitrogen and oxygen atoms in total. The summed E-state index contributed by atoms with van der Waals surface area (Å²) in [7, 11) is 0. The van der Waals surface area contributed by atoms with Crippen molar-refractivity contribution in [2.24, 2.45) is 0 Å². The van der Waals surface area contributed by atoms with Crippen molar-refractivity contribution in [3.8, 4) is 0 Å². The van der Waals surface area contributed by atoms with Gasteiger partial charge in [0.05, 0.1) is 31.5 Å². The summed E-state index contributed by atoms with van der Waals surface area (Å²) >= 11 is 0. The van der Waals surface area contributed by atoms with Crippen LogP contribution in [0.25, 0.3) is 0 Å². The Hall–Kier alpha value is -2.28. The van der Waals surface area contributed by atoms with Gasteiger partial charge in [0.15, 0.2) is 0 Å². The van der Waals surface area contributed by atoms with E-state index in [0.29, 0.717) is 37.0 Å². The van der Waals surface area contributed by atoms with Crippen molar-refractivity contribution in [3.05, 3.63) is 35.4 Å². The molecule has 1 aliphatic heterocycles. The molecule has 0 unspecified atom stereocenters. The third kappa shape index (κ3) is 3.92. The van der Waals surface area contributed by atoms with Gasteiger partial charge in [-0.15, -0.1) is 0 Å². The maximum absolute atomic E-state index is 12.1. The highest BCUT2D eigenvalue weighted by Gasteiger charge is 2.32. The Balaban J connectivity index is 1.77. The van der Waals surface area contributed by atoms with Crippen LogP contribution in [0.15, 0.2) is 34.1 Å². The number of amides is 2. The van der Waals surface area contributed by atoms with E-state index in [1.165, 1.54) is 0 Å². The van der Waals surface area contributed by atoms with Crippen LogP contribution >= 0.6 is 0 Å². The lowest BCUT2D eigenvalue weighted by Crippen LogP contribution is -2.47. The van der Waals surface area contributed by atoms with E-state index in [0.717, 1.165) is 18.6 Å². The second kappa shape index (κ2) is 6.87. The zero-order valence-electron chi connectivity index (χ0n) is 13.1. The summed E-state index contributed by atoms with van der Waals surface area (Å²) < 4.78 is 10.5. The quantitative estimate of drug-likeness (QED) is 0.742. The monoisotopic (exact) mass is 319 g/mol. The third-order valence-electron chi connectivity index (χ3n) is 3.94. The van der Waals surface area contributed by atoms with Gasteiger partial charge in [-0.1, -0.05) is 0 Å². The largest absolute Gasteiger partial charge is 0.468 e. The molecule has 1 saturated carbocycles. The lowest BCUT2D eigenvalue weighted by atomic mass is 10.1. The average molecular weight is 319 g/mol. The van der Waals surface area contributed by atoms with Gasteiger partial charge in [0.2, 0.25) is 0 Å². The second-order valence-electron chi connectivity index (χ2n) is 5.70. The maximum atomic E-state index is 12.1. The van der Waals surface area contributed by atoms with Crippen LogP contribution in [0.2, 0.25) is 0 Å². The average Bonchev–Trinajstić information content (AvgIpc) is 3.25. The van der Waals surface area contributed by atoms with E-state index in [1.54, 1.807) is 13.2 Å². The molecule has 0 aromatic carbocycles. The van der Waals surface area contributed by atoms with Crippen molar-refractivity contribution < 1.29 is 18.7 Å². The molecule has 1 fully saturated rings. The minimum atomic E-state index is -0.385. The minimum absolute atomic E-state index is 0.194. The fraction of sp³-hybridized carbons (Fsp3) is 0.500. The minimum Gasteiger partial charge on any atom is -0.468 e. The first kappa shape index (κ1) is 15.6. The fourth-order valence-corrected chi connectivity index (χ4v) is 2.64. The zero-order valence-corrected chi connectivity index (χ0v) is 13.1. The molecular weight excluding hydrogens is 298 g/mol. The van der Waals surface area contributed by atoms with Crippen LogP contribution in [0, 0.1) is 0 Å². The van der Waals surface area contributed by atoms with Crippen LogP contribution in [0.5, 0.6) is 0 Å². The van der Waals surface area contributed by atoms with Crippen molar-refractivity contribution in [1.29, 1.82) is 0 Å². The number of urea groups is 1.